The predicted molar refractivity (Wildman–Crippen MR) is 109 cm³/mol. The standard InChI is InChI=1S/C23H22N2O3/c1-2-3-15-25-23(27)20(17-24)16-19-9-12-21(13-10-19)28-22(26)14-11-18-7-5-4-6-8-18/h4-14,16H,2-3,15H2,1H3,(H,25,27)/b14-11+,20-16+. The fourth-order valence-corrected chi connectivity index (χ4v) is 2.30. The summed E-state index contributed by atoms with van der Waals surface area (Å²) in [6.07, 6.45) is 6.37. The van der Waals surface area contributed by atoms with E-state index in [0.29, 0.717) is 17.9 Å². The largest absolute Gasteiger partial charge is 0.423 e. The third-order valence-electron chi connectivity index (χ3n) is 3.80. The van der Waals surface area contributed by atoms with Crippen molar-refractivity contribution in [1.82, 2.24) is 5.32 Å². The molecule has 0 saturated heterocycles. The molecule has 1 N–H and O–H groups in total. The molecule has 1 amide bonds. The average Bonchev–Trinajstić information content (AvgIpc) is 2.72. The Morgan fingerprint density at radius 1 is 1.07 bits per heavy atom. The van der Waals surface area contributed by atoms with Crippen LogP contribution in [0.25, 0.3) is 12.2 Å². The Morgan fingerprint density at radius 3 is 2.43 bits per heavy atom. The van der Waals surface area contributed by atoms with Crippen LogP contribution in [0, 0.1) is 11.3 Å². The van der Waals surface area contributed by atoms with Crippen LogP contribution >= 0.6 is 0 Å². The van der Waals surface area contributed by atoms with Crippen molar-refractivity contribution < 1.29 is 14.3 Å². The molecule has 0 atom stereocenters. The lowest BCUT2D eigenvalue weighted by Crippen LogP contribution is -2.25. The van der Waals surface area contributed by atoms with Crippen molar-refractivity contribution in [2.75, 3.05) is 6.54 Å². The van der Waals surface area contributed by atoms with Crippen molar-refractivity contribution in [2.45, 2.75) is 19.8 Å². The summed E-state index contributed by atoms with van der Waals surface area (Å²) >= 11 is 0. The number of esters is 1. The quantitative estimate of drug-likeness (QED) is 0.248. The Morgan fingerprint density at radius 2 is 1.79 bits per heavy atom. The maximum Gasteiger partial charge on any atom is 0.336 e. The van der Waals surface area contributed by atoms with E-state index >= 15 is 0 Å². The van der Waals surface area contributed by atoms with Crippen molar-refractivity contribution in [3.8, 4) is 11.8 Å². The van der Waals surface area contributed by atoms with Crippen LogP contribution in [-0.4, -0.2) is 18.4 Å². The number of benzene rings is 2. The van der Waals surface area contributed by atoms with E-state index in [9.17, 15) is 14.9 Å². The summed E-state index contributed by atoms with van der Waals surface area (Å²) < 4.78 is 5.24. The maximum absolute atomic E-state index is 12.0. The highest BCUT2D eigenvalue weighted by Gasteiger charge is 2.08. The first-order valence-electron chi connectivity index (χ1n) is 9.07. The SMILES string of the molecule is CCCCNC(=O)/C(C#N)=C/c1ccc(OC(=O)/C=C/c2ccccc2)cc1. The van der Waals surface area contributed by atoms with Crippen LogP contribution in [-0.2, 0) is 9.59 Å². The molecule has 0 unspecified atom stereocenters. The molecule has 2 aromatic rings. The first kappa shape index (κ1) is 20.7. The number of carbonyl (C=O) groups excluding carboxylic acids is 2. The van der Waals surface area contributed by atoms with Gasteiger partial charge in [0.05, 0.1) is 0 Å². The third kappa shape index (κ3) is 6.93. The third-order valence-corrected chi connectivity index (χ3v) is 3.80. The number of unbranched alkanes of at least 4 members (excludes halogenated alkanes) is 1. The minimum atomic E-state index is -0.486. The first-order chi connectivity index (χ1) is 13.6. The molecule has 5 heteroatoms. The van der Waals surface area contributed by atoms with Gasteiger partial charge >= 0.3 is 5.97 Å². The fraction of sp³-hybridized carbons (Fsp3) is 0.174. The molecule has 142 valence electrons. The van der Waals surface area contributed by atoms with Crippen LogP contribution in [0.5, 0.6) is 5.75 Å². The molecule has 2 rings (SSSR count). The molecule has 0 fully saturated rings. The van der Waals surface area contributed by atoms with Gasteiger partial charge in [-0.05, 0) is 41.8 Å². The normalized spacial score (nSPS) is 11.1. The second-order valence-electron chi connectivity index (χ2n) is 6.01. The minimum Gasteiger partial charge on any atom is -0.423 e. The molecule has 0 heterocycles. The Kier molecular flexibility index (Phi) is 8.22. The van der Waals surface area contributed by atoms with Crippen molar-refractivity contribution in [1.29, 1.82) is 5.26 Å². The number of nitrogens with zero attached hydrogens (tertiary/aromatic N) is 1. The zero-order valence-corrected chi connectivity index (χ0v) is 15.7. The Bertz CT molecular complexity index is 892. The van der Waals surface area contributed by atoms with Gasteiger partial charge in [-0.25, -0.2) is 4.79 Å². The average molecular weight is 374 g/mol. The molecule has 0 aliphatic rings. The van der Waals surface area contributed by atoms with Gasteiger partial charge in [0.25, 0.3) is 5.91 Å². The highest BCUT2D eigenvalue weighted by atomic mass is 16.5. The number of ether oxygens (including phenoxy) is 1. The Labute approximate surface area is 165 Å². The van der Waals surface area contributed by atoms with E-state index in [-0.39, 0.29) is 5.57 Å². The van der Waals surface area contributed by atoms with Crippen LogP contribution < -0.4 is 10.1 Å². The molecule has 0 aliphatic carbocycles. The van der Waals surface area contributed by atoms with Gasteiger partial charge in [0.1, 0.15) is 17.4 Å². The number of carbonyl (C=O) groups is 2. The number of hydrogen-bond donors (Lipinski definition) is 1. The van der Waals surface area contributed by atoms with Gasteiger partial charge in [0.15, 0.2) is 0 Å². The van der Waals surface area contributed by atoms with E-state index in [1.807, 2.05) is 43.3 Å². The number of nitrogens with one attached hydrogen (secondary N) is 1. The molecule has 0 spiro atoms. The van der Waals surface area contributed by atoms with Crippen LogP contribution in [0.3, 0.4) is 0 Å². The van der Waals surface area contributed by atoms with E-state index < -0.39 is 11.9 Å². The van der Waals surface area contributed by atoms with Gasteiger partial charge in [-0.15, -0.1) is 0 Å². The lowest BCUT2D eigenvalue weighted by molar-refractivity contribution is -0.128. The Balaban J connectivity index is 1.96. The highest BCUT2D eigenvalue weighted by Crippen LogP contribution is 2.15. The minimum absolute atomic E-state index is 0.0339. The summed E-state index contributed by atoms with van der Waals surface area (Å²) in [5.74, 6) is -0.497. The van der Waals surface area contributed by atoms with Crippen molar-refractivity contribution in [3.63, 3.8) is 0 Å². The first-order valence-corrected chi connectivity index (χ1v) is 9.07. The van der Waals surface area contributed by atoms with E-state index in [4.69, 9.17) is 4.74 Å². The Hall–Kier alpha value is -3.65. The number of amides is 1. The van der Waals surface area contributed by atoms with E-state index in [0.717, 1.165) is 18.4 Å². The van der Waals surface area contributed by atoms with Crippen LogP contribution in [0.2, 0.25) is 0 Å². The fourth-order valence-electron chi connectivity index (χ4n) is 2.30. The van der Waals surface area contributed by atoms with Gasteiger partial charge in [0, 0.05) is 12.6 Å². The molecule has 5 nitrogen and oxygen atoms in total. The molecule has 0 saturated carbocycles. The summed E-state index contributed by atoms with van der Waals surface area (Å²) in [6.45, 7) is 2.57. The molecular formula is C23H22N2O3. The molecular weight excluding hydrogens is 352 g/mol. The molecule has 0 bridgehead atoms. The lowest BCUT2D eigenvalue weighted by Gasteiger charge is -2.04. The molecule has 0 aromatic heterocycles. The van der Waals surface area contributed by atoms with Gasteiger partial charge in [0.2, 0.25) is 0 Å². The summed E-state index contributed by atoms with van der Waals surface area (Å²) in [6, 6.07) is 17.9. The summed E-state index contributed by atoms with van der Waals surface area (Å²) in [5, 5.41) is 11.9. The molecule has 2 aromatic carbocycles. The predicted octanol–water partition coefficient (Wildman–Crippen LogP) is 4.13. The summed E-state index contributed by atoms with van der Waals surface area (Å²) in [5.41, 5.74) is 1.61. The van der Waals surface area contributed by atoms with Crippen LogP contribution in [0.15, 0.2) is 66.2 Å². The smallest absolute Gasteiger partial charge is 0.336 e. The second kappa shape index (κ2) is 11.1. The zero-order valence-electron chi connectivity index (χ0n) is 15.7. The summed E-state index contributed by atoms with van der Waals surface area (Å²) in [7, 11) is 0. The maximum atomic E-state index is 12.0. The topological polar surface area (TPSA) is 79.2 Å². The van der Waals surface area contributed by atoms with E-state index in [2.05, 4.69) is 5.32 Å². The van der Waals surface area contributed by atoms with Crippen LogP contribution in [0.4, 0.5) is 0 Å². The zero-order chi connectivity index (χ0) is 20.2. The second-order valence-corrected chi connectivity index (χ2v) is 6.01. The van der Waals surface area contributed by atoms with Gasteiger partial charge < -0.3 is 10.1 Å². The monoisotopic (exact) mass is 374 g/mol. The van der Waals surface area contributed by atoms with Crippen molar-refractivity contribution >= 4 is 24.0 Å². The lowest BCUT2D eigenvalue weighted by atomic mass is 10.1. The van der Waals surface area contributed by atoms with Gasteiger partial charge in [-0.1, -0.05) is 55.8 Å². The summed E-state index contributed by atoms with van der Waals surface area (Å²) in [4.78, 5) is 23.9. The van der Waals surface area contributed by atoms with Crippen molar-refractivity contribution in [2.24, 2.45) is 0 Å². The molecule has 28 heavy (non-hydrogen) atoms. The van der Waals surface area contributed by atoms with E-state index in [1.54, 1.807) is 30.3 Å². The van der Waals surface area contributed by atoms with Crippen molar-refractivity contribution in [3.05, 3.63) is 77.4 Å². The van der Waals surface area contributed by atoms with Crippen LogP contribution in [0.1, 0.15) is 30.9 Å². The number of hydrogen-bond acceptors (Lipinski definition) is 4. The van der Waals surface area contributed by atoms with Gasteiger partial charge in [-0.2, -0.15) is 5.26 Å². The molecule has 0 radical (unpaired) electrons. The highest BCUT2D eigenvalue weighted by molar-refractivity contribution is 6.01. The van der Waals surface area contributed by atoms with Gasteiger partial charge in [-0.3, -0.25) is 4.79 Å². The number of rotatable bonds is 8. The molecule has 0 aliphatic heterocycles. The van der Waals surface area contributed by atoms with E-state index in [1.165, 1.54) is 12.2 Å². The number of nitriles is 1.